The zero-order chi connectivity index (χ0) is 13.4. The van der Waals surface area contributed by atoms with E-state index in [0.717, 1.165) is 5.69 Å². The van der Waals surface area contributed by atoms with E-state index in [-0.39, 0.29) is 5.69 Å². The fourth-order valence-corrected chi connectivity index (χ4v) is 2.22. The van der Waals surface area contributed by atoms with E-state index in [1.807, 2.05) is 36.4 Å². The molecule has 0 saturated heterocycles. The van der Waals surface area contributed by atoms with Crippen molar-refractivity contribution in [3.8, 4) is 11.8 Å². The summed E-state index contributed by atoms with van der Waals surface area (Å²) in [6.07, 6.45) is 0. The molecule has 0 aliphatic heterocycles. The van der Waals surface area contributed by atoms with Gasteiger partial charge in [-0.05, 0) is 24.4 Å². The number of aromatic amines is 1. The zero-order valence-corrected chi connectivity index (χ0v) is 10.5. The lowest BCUT2D eigenvalue weighted by Gasteiger charge is -2.10. The van der Waals surface area contributed by atoms with Crippen LogP contribution in [0.3, 0.4) is 0 Å². The summed E-state index contributed by atoms with van der Waals surface area (Å²) in [4.78, 5) is 4.21. The first-order valence-corrected chi connectivity index (χ1v) is 5.85. The van der Waals surface area contributed by atoms with Crippen molar-refractivity contribution in [2.45, 2.75) is 0 Å². The van der Waals surface area contributed by atoms with Crippen LogP contribution in [0.25, 0.3) is 16.7 Å². The number of nitriles is 1. The summed E-state index contributed by atoms with van der Waals surface area (Å²) in [5.74, 6) is 0.353. The summed E-state index contributed by atoms with van der Waals surface area (Å²) in [6.45, 7) is 0. The number of aromatic nitrogens is 4. The van der Waals surface area contributed by atoms with Gasteiger partial charge in [-0.3, -0.25) is 9.67 Å². The van der Waals surface area contributed by atoms with Crippen molar-refractivity contribution in [3.63, 3.8) is 0 Å². The number of hydrogen-bond donors (Lipinski definition) is 2. The van der Waals surface area contributed by atoms with Crippen molar-refractivity contribution < 1.29 is 0 Å². The predicted molar refractivity (Wildman–Crippen MR) is 73.2 cm³/mol. The van der Waals surface area contributed by atoms with E-state index in [0.29, 0.717) is 21.6 Å². The first-order valence-electron chi connectivity index (χ1n) is 5.44. The minimum Gasteiger partial charge on any atom is -0.384 e. The number of anilines is 1. The number of fused-ring (bicyclic) bond motifs is 1. The van der Waals surface area contributed by atoms with E-state index in [2.05, 4.69) is 15.2 Å². The smallest absolute Gasteiger partial charge is 0.207 e. The van der Waals surface area contributed by atoms with Gasteiger partial charge in [0.1, 0.15) is 11.9 Å². The average Bonchev–Trinajstić information content (AvgIpc) is 2.83. The van der Waals surface area contributed by atoms with Gasteiger partial charge in [0.15, 0.2) is 11.3 Å². The molecular weight excluding hydrogens is 260 g/mol. The van der Waals surface area contributed by atoms with E-state index >= 15 is 0 Å². The molecule has 0 saturated carbocycles. The second-order valence-electron chi connectivity index (χ2n) is 3.86. The molecule has 0 bridgehead atoms. The third-order valence-electron chi connectivity index (χ3n) is 2.76. The molecule has 0 atom stereocenters. The molecule has 3 rings (SSSR count). The van der Waals surface area contributed by atoms with Crippen molar-refractivity contribution in [2.24, 2.45) is 0 Å². The molecule has 0 aliphatic carbocycles. The molecule has 19 heavy (non-hydrogen) atoms. The van der Waals surface area contributed by atoms with Crippen molar-refractivity contribution in [1.29, 1.82) is 5.26 Å². The third-order valence-corrected chi connectivity index (χ3v) is 3.04. The van der Waals surface area contributed by atoms with Gasteiger partial charge in [-0.1, -0.05) is 18.2 Å². The van der Waals surface area contributed by atoms with Crippen LogP contribution in [0.1, 0.15) is 5.69 Å². The Morgan fingerprint density at radius 3 is 2.74 bits per heavy atom. The molecule has 0 unspecified atom stereocenters. The van der Waals surface area contributed by atoms with Crippen LogP contribution < -0.4 is 5.73 Å². The summed E-state index contributed by atoms with van der Waals surface area (Å²) >= 11 is 5.24. The van der Waals surface area contributed by atoms with E-state index in [9.17, 15) is 0 Å². The second-order valence-corrected chi connectivity index (χ2v) is 4.22. The highest BCUT2D eigenvalue weighted by Crippen LogP contribution is 2.24. The molecule has 6 nitrogen and oxygen atoms in total. The van der Waals surface area contributed by atoms with Gasteiger partial charge in [0.25, 0.3) is 0 Å². The summed E-state index contributed by atoms with van der Waals surface area (Å²) < 4.78 is 1.93. The van der Waals surface area contributed by atoms with Gasteiger partial charge in [-0.2, -0.15) is 15.3 Å². The quantitative estimate of drug-likeness (QED) is 0.657. The Balaban J connectivity index is 2.44. The molecule has 2 heterocycles. The number of nitrogens with one attached hydrogen (secondary N) is 1. The van der Waals surface area contributed by atoms with Crippen LogP contribution in [0.2, 0.25) is 0 Å². The molecule has 1 aromatic carbocycles. The number of nitrogens with zero attached hydrogens (tertiary/aromatic N) is 4. The molecule has 3 N–H and O–H groups in total. The lowest BCUT2D eigenvalue weighted by Crippen LogP contribution is -2.07. The average molecular weight is 268 g/mol. The molecule has 0 spiro atoms. The van der Waals surface area contributed by atoms with Gasteiger partial charge in [-0.15, -0.1) is 0 Å². The number of nitrogen functional groups attached to an aromatic ring is 1. The van der Waals surface area contributed by atoms with Crippen molar-refractivity contribution in [1.82, 2.24) is 19.7 Å². The number of para-hydroxylation sites is 1. The van der Waals surface area contributed by atoms with Gasteiger partial charge in [0.05, 0.1) is 5.39 Å². The van der Waals surface area contributed by atoms with Crippen LogP contribution in [-0.2, 0) is 0 Å². The highest BCUT2D eigenvalue weighted by Gasteiger charge is 2.14. The van der Waals surface area contributed by atoms with Crippen LogP contribution in [0, 0.1) is 16.1 Å². The van der Waals surface area contributed by atoms with E-state index in [1.54, 1.807) is 4.57 Å². The Morgan fingerprint density at radius 1 is 1.32 bits per heavy atom. The van der Waals surface area contributed by atoms with Gasteiger partial charge < -0.3 is 5.73 Å². The zero-order valence-electron chi connectivity index (χ0n) is 9.66. The molecule has 0 amide bonds. The summed E-state index contributed by atoms with van der Waals surface area (Å²) in [5.41, 5.74) is 7.54. The fourth-order valence-electron chi connectivity index (χ4n) is 1.92. The highest BCUT2D eigenvalue weighted by molar-refractivity contribution is 7.71. The van der Waals surface area contributed by atoms with Crippen LogP contribution in [0.4, 0.5) is 5.82 Å². The third kappa shape index (κ3) is 1.66. The van der Waals surface area contributed by atoms with Crippen LogP contribution in [0.15, 0.2) is 30.3 Å². The highest BCUT2D eigenvalue weighted by atomic mass is 32.1. The standard InChI is InChI=1S/C12H8N6S/c13-6-8-9-10(14)18(7-4-2-1-3-5-7)12(19)15-11(9)17-16-8/h1-5H,14H2,(H,15,17,19). The number of benzene rings is 1. The Kier molecular flexibility index (Phi) is 2.51. The SMILES string of the molecule is N#Cc1n[nH]c2nc(=S)n(-c3ccccc3)c(N)c12. The predicted octanol–water partition coefficient (Wildman–Crippen LogP) is 1.93. The minimum atomic E-state index is 0.208. The summed E-state index contributed by atoms with van der Waals surface area (Å²) in [7, 11) is 0. The molecule has 92 valence electrons. The van der Waals surface area contributed by atoms with Gasteiger partial charge in [0, 0.05) is 5.69 Å². The Hall–Kier alpha value is -2.72. The van der Waals surface area contributed by atoms with E-state index in [1.165, 1.54) is 0 Å². The lowest BCUT2D eigenvalue weighted by molar-refractivity contribution is 0.984. The Labute approximate surface area is 113 Å². The molecule has 0 radical (unpaired) electrons. The van der Waals surface area contributed by atoms with Crippen molar-refractivity contribution in [3.05, 3.63) is 40.8 Å². The first kappa shape index (κ1) is 11.4. The summed E-state index contributed by atoms with van der Waals surface area (Å²) in [6, 6.07) is 11.4. The maximum Gasteiger partial charge on any atom is 0.207 e. The van der Waals surface area contributed by atoms with E-state index in [4.69, 9.17) is 23.2 Å². The Morgan fingerprint density at radius 2 is 2.05 bits per heavy atom. The summed E-state index contributed by atoms with van der Waals surface area (Å²) in [5, 5.41) is 16.0. The van der Waals surface area contributed by atoms with Gasteiger partial charge >= 0.3 is 0 Å². The molecular formula is C12H8N6S. The van der Waals surface area contributed by atoms with Gasteiger partial charge in [-0.25, -0.2) is 0 Å². The number of hydrogen-bond acceptors (Lipinski definition) is 5. The van der Waals surface area contributed by atoms with Gasteiger partial charge in [0.2, 0.25) is 4.77 Å². The number of nitrogens with two attached hydrogens (primary N) is 1. The second kappa shape index (κ2) is 4.19. The van der Waals surface area contributed by atoms with Crippen LogP contribution >= 0.6 is 12.2 Å². The van der Waals surface area contributed by atoms with E-state index < -0.39 is 0 Å². The molecule has 2 aromatic heterocycles. The molecule has 0 fully saturated rings. The maximum atomic E-state index is 9.03. The van der Waals surface area contributed by atoms with Crippen molar-refractivity contribution in [2.75, 3.05) is 5.73 Å². The largest absolute Gasteiger partial charge is 0.384 e. The minimum absolute atomic E-state index is 0.208. The maximum absolute atomic E-state index is 9.03. The normalized spacial score (nSPS) is 10.5. The van der Waals surface area contributed by atoms with Crippen LogP contribution in [-0.4, -0.2) is 19.7 Å². The number of H-pyrrole nitrogens is 1. The Bertz CT molecular complexity index is 856. The first-order chi connectivity index (χ1) is 9.22. The lowest BCUT2D eigenvalue weighted by atomic mass is 10.2. The molecule has 0 aliphatic rings. The fraction of sp³-hybridized carbons (Fsp3) is 0. The molecule has 3 aromatic rings. The molecule has 7 heteroatoms. The van der Waals surface area contributed by atoms with Crippen molar-refractivity contribution >= 4 is 29.1 Å². The topological polar surface area (TPSA) is 96.3 Å². The monoisotopic (exact) mass is 268 g/mol. The van der Waals surface area contributed by atoms with Crippen LogP contribution in [0.5, 0.6) is 0 Å². The number of rotatable bonds is 1.